The summed E-state index contributed by atoms with van der Waals surface area (Å²) in [5.74, 6) is 0. The highest BCUT2D eigenvalue weighted by atomic mass is 35.5. The minimum atomic E-state index is 0.0723. The van der Waals surface area contributed by atoms with Crippen molar-refractivity contribution in [3.63, 3.8) is 0 Å². The van der Waals surface area contributed by atoms with Gasteiger partial charge >= 0.3 is 0 Å². The summed E-state index contributed by atoms with van der Waals surface area (Å²) in [6.07, 6.45) is 1.90. The first kappa shape index (κ1) is 12.6. The van der Waals surface area contributed by atoms with Crippen LogP contribution in [0.5, 0.6) is 0 Å². The lowest BCUT2D eigenvalue weighted by Crippen LogP contribution is -2.19. The van der Waals surface area contributed by atoms with Crippen LogP contribution in [0.25, 0.3) is 0 Å². The van der Waals surface area contributed by atoms with E-state index in [1.165, 1.54) is 11.1 Å². The van der Waals surface area contributed by atoms with Crippen LogP contribution in [-0.4, -0.2) is 12.0 Å². The Bertz CT molecular complexity index is 522. The van der Waals surface area contributed by atoms with Crippen LogP contribution in [0.1, 0.15) is 27.7 Å². The number of nitrogens with zero attached hydrogens (tertiary/aromatic N) is 1. The maximum Gasteiger partial charge on any atom is 0.0860 e. The molecular formula is C13H15ClN2S. The van der Waals surface area contributed by atoms with Gasteiger partial charge in [-0.2, -0.15) is 0 Å². The lowest BCUT2D eigenvalue weighted by molar-refractivity contribution is 0.676. The molecule has 17 heavy (non-hydrogen) atoms. The zero-order valence-electron chi connectivity index (χ0n) is 10.1. The highest BCUT2D eigenvalue weighted by Gasteiger charge is 2.19. The molecule has 0 saturated heterocycles. The maximum atomic E-state index is 6.19. The highest BCUT2D eigenvalue weighted by molar-refractivity contribution is 7.10. The molecule has 2 rings (SSSR count). The van der Waals surface area contributed by atoms with Crippen LogP contribution in [0.3, 0.4) is 0 Å². The summed E-state index contributed by atoms with van der Waals surface area (Å²) in [5, 5.41) is 6.09. The van der Waals surface area contributed by atoms with Crippen LogP contribution in [0.2, 0.25) is 5.02 Å². The van der Waals surface area contributed by atoms with Crippen molar-refractivity contribution in [2.75, 3.05) is 7.05 Å². The number of hydrogen-bond acceptors (Lipinski definition) is 3. The molecule has 0 aliphatic rings. The molecule has 90 valence electrons. The predicted molar refractivity (Wildman–Crippen MR) is 73.9 cm³/mol. The molecule has 1 N–H and O–H groups in total. The average Bonchev–Trinajstić information content (AvgIpc) is 2.69. The first-order chi connectivity index (χ1) is 8.13. The quantitative estimate of drug-likeness (QED) is 0.916. The molecule has 2 aromatic rings. The fourth-order valence-electron chi connectivity index (χ4n) is 1.93. The molecule has 2 nitrogen and oxygen atoms in total. The molecule has 0 saturated carbocycles. The van der Waals surface area contributed by atoms with Crippen LogP contribution < -0.4 is 5.32 Å². The van der Waals surface area contributed by atoms with E-state index in [1.54, 1.807) is 11.3 Å². The molecule has 4 heteroatoms. The lowest BCUT2D eigenvalue weighted by atomic mass is 10.1. The van der Waals surface area contributed by atoms with E-state index in [2.05, 4.69) is 30.2 Å². The Hall–Kier alpha value is -0.900. The second-order valence-corrected chi connectivity index (χ2v) is 5.42. The molecule has 0 aliphatic carbocycles. The van der Waals surface area contributed by atoms with Gasteiger partial charge in [-0.05, 0) is 43.5 Å². The predicted octanol–water partition coefficient (Wildman–Crippen LogP) is 3.72. The van der Waals surface area contributed by atoms with Gasteiger partial charge in [0.2, 0.25) is 0 Å². The highest BCUT2D eigenvalue weighted by Crippen LogP contribution is 2.33. The average molecular weight is 267 g/mol. The van der Waals surface area contributed by atoms with Crippen molar-refractivity contribution in [2.24, 2.45) is 0 Å². The summed E-state index contributed by atoms with van der Waals surface area (Å²) < 4.78 is 0. The number of aromatic nitrogens is 1. The van der Waals surface area contributed by atoms with Gasteiger partial charge in [-0.25, -0.2) is 0 Å². The zero-order valence-corrected chi connectivity index (χ0v) is 11.7. The number of aryl methyl sites for hydroxylation is 2. The van der Waals surface area contributed by atoms with Gasteiger partial charge in [-0.1, -0.05) is 17.7 Å². The Morgan fingerprint density at radius 1 is 1.41 bits per heavy atom. The van der Waals surface area contributed by atoms with Crippen molar-refractivity contribution in [3.05, 3.63) is 50.4 Å². The molecule has 0 bridgehead atoms. The fraction of sp³-hybridized carbons (Fsp3) is 0.308. The zero-order chi connectivity index (χ0) is 12.4. The Morgan fingerprint density at radius 3 is 2.71 bits per heavy atom. The van der Waals surface area contributed by atoms with Gasteiger partial charge in [0.15, 0.2) is 0 Å². The van der Waals surface area contributed by atoms with Gasteiger partial charge < -0.3 is 5.32 Å². The maximum absolute atomic E-state index is 6.19. The van der Waals surface area contributed by atoms with Crippen LogP contribution in [0.4, 0.5) is 0 Å². The molecular weight excluding hydrogens is 252 g/mol. The van der Waals surface area contributed by atoms with Crippen molar-refractivity contribution < 1.29 is 0 Å². The van der Waals surface area contributed by atoms with Crippen molar-refractivity contribution in [1.29, 1.82) is 0 Å². The van der Waals surface area contributed by atoms with E-state index in [0.717, 1.165) is 15.6 Å². The second kappa shape index (κ2) is 5.17. The van der Waals surface area contributed by atoms with Gasteiger partial charge in [0.25, 0.3) is 0 Å². The second-order valence-electron chi connectivity index (χ2n) is 4.07. The standard InChI is InChI=1S/C13H15ClN2S/c1-8-6-9(2)11(16-7-8)12(15-3)13-10(14)4-5-17-13/h4-7,12,15H,1-3H3. The fourth-order valence-corrected chi connectivity index (χ4v) is 3.21. The van der Waals surface area contributed by atoms with E-state index < -0.39 is 0 Å². The minimum Gasteiger partial charge on any atom is -0.307 e. The van der Waals surface area contributed by atoms with Crippen molar-refractivity contribution >= 4 is 22.9 Å². The van der Waals surface area contributed by atoms with E-state index in [4.69, 9.17) is 11.6 Å². The van der Waals surface area contributed by atoms with Crippen LogP contribution in [0.15, 0.2) is 23.7 Å². The summed E-state index contributed by atoms with van der Waals surface area (Å²) >= 11 is 7.84. The summed E-state index contributed by atoms with van der Waals surface area (Å²) in [4.78, 5) is 5.65. The first-order valence-corrected chi connectivity index (χ1v) is 6.72. The Balaban J connectivity index is 2.46. The van der Waals surface area contributed by atoms with Gasteiger partial charge in [-0.15, -0.1) is 11.3 Å². The SMILES string of the molecule is CNC(c1ncc(C)cc1C)c1sccc1Cl. The van der Waals surface area contributed by atoms with E-state index in [-0.39, 0.29) is 6.04 Å². The van der Waals surface area contributed by atoms with Crippen molar-refractivity contribution in [2.45, 2.75) is 19.9 Å². The summed E-state index contributed by atoms with van der Waals surface area (Å²) in [6, 6.07) is 4.15. The van der Waals surface area contributed by atoms with Gasteiger partial charge in [-0.3, -0.25) is 4.98 Å². The number of nitrogens with one attached hydrogen (secondary N) is 1. The molecule has 0 aromatic carbocycles. The molecule has 0 radical (unpaired) electrons. The van der Waals surface area contributed by atoms with Gasteiger partial charge in [0.1, 0.15) is 0 Å². The number of hydrogen-bond donors (Lipinski definition) is 1. The molecule has 0 fully saturated rings. The smallest absolute Gasteiger partial charge is 0.0860 e. The van der Waals surface area contributed by atoms with E-state index in [9.17, 15) is 0 Å². The number of halogens is 1. The summed E-state index contributed by atoms with van der Waals surface area (Å²) in [5.41, 5.74) is 3.41. The van der Waals surface area contributed by atoms with Crippen molar-refractivity contribution in [1.82, 2.24) is 10.3 Å². The topological polar surface area (TPSA) is 24.9 Å². The Morgan fingerprint density at radius 2 is 2.18 bits per heavy atom. The third kappa shape index (κ3) is 2.51. The van der Waals surface area contributed by atoms with E-state index in [0.29, 0.717) is 0 Å². The normalized spacial score (nSPS) is 12.7. The third-order valence-corrected chi connectivity index (χ3v) is 4.15. The van der Waals surface area contributed by atoms with E-state index in [1.807, 2.05) is 24.7 Å². The third-order valence-electron chi connectivity index (χ3n) is 2.72. The lowest BCUT2D eigenvalue weighted by Gasteiger charge is -2.17. The van der Waals surface area contributed by atoms with E-state index >= 15 is 0 Å². The van der Waals surface area contributed by atoms with Crippen LogP contribution in [-0.2, 0) is 0 Å². The summed E-state index contributed by atoms with van der Waals surface area (Å²) in [7, 11) is 1.93. The molecule has 0 spiro atoms. The van der Waals surface area contributed by atoms with Crippen LogP contribution in [0, 0.1) is 13.8 Å². The monoisotopic (exact) mass is 266 g/mol. The molecule has 1 atom stereocenters. The number of thiophene rings is 1. The Labute approximate surface area is 111 Å². The van der Waals surface area contributed by atoms with Crippen LogP contribution >= 0.6 is 22.9 Å². The molecule has 2 heterocycles. The van der Waals surface area contributed by atoms with Gasteiger partial charge in [0, 0.05) is 11.1 Å². The first-order valence-electron chi connectivity index (χ1n) is 5.46. The molecule has 0 amide bonds. The van der Waals surface area contributed by atoms with Crippen molar-refractivity contribution in [3.8, 4) is 0 Å². The molecule has 0 aliphatic heterocycles. The Kier molecular flexibility index (Phi) is 3.82. The molecule has 1 unspecified atom stereocenters. The number of pyridine rings is 1. The molecule has 2 aromatic heterocycles. The number of rotatable bonds is 3. The van der Waals surface area contributed by atoms with Gasteiger partial charge in [0.05, 0.1) is 16.8 Å². The minimum absolute atomic E-state index is 0.0723. The largest absolute Gasteiger partial charge is 0.307 e. The summed E-state index contributed by atoms with van der Waals surface area (Å²) in [6.45, 7) is 4.14.